The third-order valence-corrected chi connectivity index (χ3v) is 10.4. The van der Waals surface area contributed by atoms with Crippen molar-refractivity contribution in [3.63, 3.8) is 0 Å². The van der Waals surface area contributed by atoms with Gasteiger partial charge in [-0.1, -0.05) is 36.4 Å². The van der Waals surface area contributed by atoms with Crippen LogP contribution in [0.1, 0.15) is 47.9 Å². The first-order valence-electron chi connectivity index (χ1n) is 18.2. The lowest BCUT2D eigenvalue weighted by Gasteiger charge is -2.37. The molecule has 53 heavy (non-hydrogen) atoms. The van der Waals surface area contributed by atoms with Crippen molar-refractivity contribution in [2.24, 2.45) is 0 Å². The van der Waals surface area contributed by atoms with E-state index in [1.807, 2.05) is 58.5 Å². The zero-order valence-electron chi connectivity index (χ0n) is 30.1. The van der Waals surface area contributed by atoms with E-state index < -0.39 is 12.1 Å². The van der Waals surface area contributed by atoms with E-state index in [2.05, 4.69) is 42.6 Å². The minimum absolute atomic E-state index is 0.0318. The second kappa shape index (κ2) is 15.9. The van der Waals surface area contributed by atoms with Crippen LogP contribution < -0.4 is 15.5 Å². The number of aromatic amines is 1. The Kier molecular flexibility index (Phi) is 10.7. The molecule has 14 heteroatoms. The summed E-state index contributed by atoms with van der Waals surface area (Å²) in [7, 11) is 3.12. The van der Waals surface area contributed by atoms with Gasteiger partial charge in [0.25, 0.3) is 5.91 Å². The van der Waals surface area contributed by atoms with Gasteiger partial charge in [-0.05, 0) is 73.7 Å². The highest BCUT2D eigenvalue weighted by Crippen LogP contribution is 2.32. The average molecular weight is 720 g/mol. The smallest absolute Gasteiger partial charge is 0.410 e. The van der Waals surface area contributed by atoms with Gasteiger partial charge in [0.05, 0.1) is 37.2 Å². The van der Waals surface area contributed by atoms with E-state index in [4.69, 9.17) is 4.74 Å². The number of nitrogens with one attached hydrogen (secondary N) is 3. The molecule has 2 unspecified atom stereocenters. The zero-order chi connectivity index (χ0) is 36.9. The number of hydrogen-bond donors (Lipinski definition) is 3. The van der Waals surface area contributed by atoms with Crippen molar-refractivity contribution in [1.82, 2.24) is 35.0 Å². The summed E-state index contributed by atoms with van der Waals surface area (Å²) in [6, 6.07) is 19.0. The number of carbonyl (C=O) groups is 4. The molecule has 3 aliphatic rings. The molecular formula is C39H45N9O5. The number of rotatable bonds is 9. The number of anilines is 2. The van der Waals surface area contributed by atoms with Gasteiger partial charge >= 0.3 is 6.09 Å². The SMILES string of the molecule is CNCC(=O)N1CCCC1c1ncc(-c2ccc(-c3ccc(NC(=O)c4ccc(N5CCN(C(=O)C6CCCN6C(=O)OC)CC5)nc4)cc3)cc2)[nH]1. The number of likely N-dealkylation sites (N-methyl/N-ethyl adjacent to an activating group) is 1. The van der Waals surface area contributed by atoms with Crippen molar-refractivity contribution in [3.05, 3.63) is 84.4 Å². The number of imidazole rings is 1. The summed E-state index contributed by atoms with van der Waals surface area (Å²) in [5, 5.41) is 5.90. The van der Waals surface area contributed by atoms with Crippen molar-refractivity contribution in [2.45, 2.75) is 37.8 Å². The number of ether oxygens (including phenoxy) is 1. The predicted octanol–water partition coefficient (Wildman–Crippen LogP) is 4.15. The summed E-state index contributed by atoms with van der Waals surface area (Å²) in [6.45, 7) is 3.87. The number of hydrogen-bond acceptors (Lipinski definition) is 9. The first-order valence-corrected chi connectivity index (χ1v) is 18.2. The van der Waals surface area contributed by atoms with E-state index in [9.17, 15) is 19.2 Å². The third kappa shape index (κ3) is 7.72. The van der Waals surface area contributed by atoms with Crippen molar-refractivity contribution in [2.75, 3.05) is 70.2 Å². The van der Waals surface area contributed by atoms with Gasteiger partial charge in [-0.25, -0.2) is 14.8 Å². The van der Waals surface area contributed by atoms with E-state index in [0.717, 1.165) is 59.8 Å². The first-order chi connectivity index (χ1) is 25.8. The molecule has 14 nitrogen and oxygen atoms in total. The lowest BCUT2D eigenvalue weighted by atomic mass is 10.0. The number of methoxy groups -OCH3 is 1. The molecular weight excluding hydrogens is 674 g/mol. The topological polar surface area (TPSA) is 156 Å². The van der Waals surface area contributed by atoms with E-state index >= 15 is 0 Å². The Labute approximate surface area is 308 Å². The first kappa shape index (κ1) is 35.6. The Hall–Kier alpha value is -5.76. The predicted molar refractivity (Wildman–Crippen MR) is 200 cm³/mol. The fourth-order valence-electron chi connectivity index (χ4n) is 7.48. The average Bonchev–Trinajstić information content (AvgIpc) is 4.00. The fraction of sp³-hybridized carbons (Fsp3) is 0.385. The molecule has 0 saturated carbocycles. The van der Waals surface area contributed by atoms with Crippen molar-refractivity contribution in [1.29, 1.82) is 0 Å². The Morgan fingerprint density at radius 3 is 2.15 bits per heavy atom. The number of carbonyl (C=O) groups excluding carboxylic acids is 4. The van der Waals surface area contributed by atoms with E-state index in [1.54, 1.807) is 19.3 Å². The molecule has 0 radical (unpaired) electrons. The minimum atomic E-state index is -0.465. The number of likely N-dealkylation sites (tertiary alicyclic amines) is 2. The maximum absolute atomic E-state index is 13.2. The summed E-state index contributed by atoms with van der Waals surface area (Å²) >= 11 is 0. The fourth-order valence-corrected chi connectivity index (χ4v) is 7.48. The number of benzene rings is 2. The van der Waals surface area contributed by atoms with E-state index in [-0.39, 0.29) is 23.8 Å². The highest BCUT2D eigenvalue weighted by atomic mass is 16.5. The van der Waals surface area contributed by atoms with Crippen molar-refractivity contribution < 1.29 is 23.9 Å². The number of piperazine rings is 1. The van der Waals surface area contributed by atoms with Crippen molar-refractivity contribution in [3.8, 4) is 22.4 Å². The largest absolute Gasteiger partial charge is 0.453 e. The summed E-state index contributed by atoms with van der Waals surface area (Å²) < 4.78 is 4.86. The van der Waals surface area contributed by atoms with Gasteiger partial charge in [-0.2, -0.15) is 0 Å². The van der Waals surface area contributed by atoms with Gasteiger partial charge in [0.2, 0.25) is 11.8 Å². The standard InChI is InChI=1S/C39H45N9O5/c1-40-25-35(49)47-17-3-5-32(47)36-42-24-31(44-36)28-9-7-26(8-10-28)27-11-14-30(15-12-27)43-37(50)29-13-16-34(41-23-29)45-19-21-46(22-20-45)38(51)33-6-4-18-48(33)39(52)53-2/h7-16,23-24,32-33,40H,3-6,17-22,25H2,1-2H3,(H,42,44)(H,43,50). The van der Waals surface area contributed by atoms with Crippen LogP contribution in [-0.2, 0) is 14.3 Å². The molecule has 2 aromatic heterocycles. The molecule has 5 heterocycles. The van der Waals surface area contributed by atoms with Gasteiger partial charge in [0.15, 0.2) is 0 Å². The highest BCUT2D eigenvalue weighted by Gasteiger charge is 2.38. The van der Waals surface area contributed by atoms with Crippen LogP contribution in [0.3, 0.4) is 0 Å². The van der Waals surface area contributed by atoms with Crippen LogP contribution in [0.25, 0.3) is 22.4 Å². The number of amides is 4. The van der Waals surface area contributed by atoms with Gasteiger partial charge in [0, 0.05) is 51.2 Å². The molecule has 4 amide bonds. The normalized spacial score (nSPS) is 18.7. The Morgan fingerprint density at radius 1 is 0.792 bits per heavy atom. The lowest BCUT2D eigenvalue weighted by molar-refractivity contribution is -0.135. The summed E-state index contributed by atoms with van der Waals surface area (Å²) in [5.74, 6) is 1.35. The van der Waals surface area contributed by atoms with Crippen LogP contribution in [0.4, 0.5) is 16.3 Å². The Bertz CT molecular complexity index is 1920. The molecule has 0 aliphatic carbocycles. The van der Waals surface area contributed by atoms with Gasteiger partial charge in [-0.3, -0.25) is 19.3 Å². The van der Waals surface area contributed by atoms with E-state index in [1.165, 1.54) is 12.0 Å². The molecule has 0 bridgehead atoms. The molecule has 276 valence electrons. The van der Waals surface area contributed by atoms with Gasteiger partial charge in [0.1, 0.15) is 17.7 Å². The van der Waals surface area contributed by atoms with Crippen LogP contribution in [0.2, 0.25) is 0 Å². The molecule has 7 rings (SSSR count). The third-order valence-electron chi connectivity index (χ3n) is 10.4. The zero-order valence-corrected chi connectivity index (χ0v) is 30.1. The lowest BCUT2D eigenvalue weighted by Crippen LogP contribution is -2.54. The summed E-state index contributed by atoms with van der Waals surface area (Å²) in [5.41, 5.74) is 5.08. The van der Waals surface area contributed by atoms with Crippen LogP contribution in [0.15, 0.2) is 73.1 Å². The van der Waals surface area contributed by atoms with Crippen molar-refractivity contribution >= 4 is 35.3 Å². The molecule has 3 fully saturated rings. The van der Waals surface area contributed by atoms with E-state index in [0.29, 0.717) is 56.9 Å². The summed E-state index contributed by atoms with van der Waals surface area (Å²) in [4.78, 5) is 70.8. The number of pyridine rings is 1. The number of nitrogens with zero attached hydrogens (tertiary/aromatic N) is 6. The molecule has 3 N–H and O–H groups in total. The highest BCUT2D eigenvalue weighted by molar-refractivity contribution is 6.04. The number of aromatic nitrogens is 3. The second-order valence-corrected chi connectivity index (χ2v) is 13.6. The Balaban J connectivity index is 0.904. The maximum atomic E-state index is 13.2. The van der Waals surface area contributed by atoms with Crippen LogP contribution >= 0.6 is 0 Å². The van der Waals surface area contributed by atoms with Crippen LogP contribution in [0, 0.1) is 0 Å². The van der Waals surface area contributed by atoms with Crippen LogP contribution in [-0.4, -0.2) is 119 Å². The molecule has 4 aromatic rings. The molecule has 2 atom stereocenters. The van der Waals surface area contributed by atoms with Gasteiger partial charge in [-0.15, -0.1) is 0 Å². The maximum Gasteiger partial charge on any atom is 0.410 e. The van der Waals surface area contributed by atoms with Gasteiger partial charge < -0.3 is 35.1 Å². The second-order valence-electron chi connectivity index (χ2n) is 13.6. The molecule has 0 spiro atoms. The number of H-pyrrole nitrogens is 1. The quantitative estimate of drug-likeness (QED) is 0.231. The summed E-state index contributed by atoms with van der Waals surface area (Å²) in [6.07, 6.45) is 6.23. The molecule has 3 aliphatic heterocycles. The Morgan fingerprint density at radius 2 is 1.47 bits per heavy atom. The van der Waals surface area contributed by atoms with Crippen LogP contribution in [0.5, 0.6) is 0 Å². The molecule has 2 aromatic carbocycles. The monoisotopic (exact) mass is 719 g/mol. The minimum Gasteiger partial charge on any atom is -0.453 e. The molecule has 3 saturated heterocycles.